The largest absolute Gasteiger partial charge is 0.405 e. The Morgan fingerprint density at radius 3 is 2.57 bits per heavy atom. The first kappa shape index (κ1) is 25.5. The van der Waals surface area contributed by atoms with Gasteiger partial charge < -0.3 is 20.2 Å². The van der Waals surface area contributed by atoms with Crippen LogP contribution in [-0.2, 0) is 5.41 Å². The summed E-state index contributed by atoms with van der Waals surface area (Å²) in [7, 11) is 0. The molecule has 1 saturated carbocycles. The predicted molar refractivity (Wildman–Crippen MR) is 130 cm³/mol. The molecule has 0 aliphatic heterocycles. The van der Waals surface area contributed by atoms with Crippen molar-refractivity contribution in [1.29, 1.82) is 0 Å². The number of anilines is 2. The van der Waals surface area contributed by atoms with Crippen LogP contribution in [-0.4, -0.2) is 45.2 Å². The number of halogens is 4. The van der Waals surface area contributed by atoms with Gasteiger partial charge in [-0.15, -0.1) is 5.10 Å². The molecule has 0 saturated heterocycles. The minimum atomic E-state index is -4.38. The highest BCUT2D eigenvalue weighted by atomic mass is 35.5. The van der Waals surface area contributed by atoms with Gasteiger partial charge in [0.05, 0.1) is 22.3 Å². The Balaban J connectivity index is 1.73. The first-order valence-electron chi connectivity index (χ1n) is 11.6. The number of nitrogens with one attached hydrogen (secondary N) is 2. The Bertz CT molecular complexity index is 1220. The van der Waals surface area contributed by atoms with Crippen LogP contribution in [0.15, 0.2) is 16.5 Å². The van der Waals surface area contributed by atoms with Crippen LogP contribution in [0.4, 0.5) is 24.9 Å². The summed E-state index contributed by atoms with van der Waals surface area (Å²) in [4.78, 5) is 4.76. The number of hydrogen-bond donors (Lipinski definition) is 3. The zero-order chi connectivity index (χ0) is 25.5. The predicted octanol–water partition coefficient (Wildman–Crippen LogP) is 6.23. The standard InChI is InChI=1S/C24H29ClF3N5O2/c1-12-8-17(21-32-33-22(35-21)30-13-6-5-7-14(34)9-13)31-20-15(23(2,3)4)10-16(19(25)18(12)20)29-11-24(26,27)28/h8,10,13-14,29,34H,5-7,9,11H2,1-4H3,(H,30,33)/t13-,14+/m1/s1. The molecule has 0 radical (unpaired) electrons. The summed E-state index contributed by atoms with van der Waals surface area (Å²) >= 11 is 6.57. The molecule has 35 heavy (non-hydrogen) atoms. The molecule has 2 aromatic heterocycles. The summed E-state index contributed by atoms with van der Waals surface area (Å²) in [5, 5.41) is 24.5. The van der Waals surface area contributed by atoms with Crippen LogP contribution in [0, 0.1) is 6.92 Å². The SMILES string of the molecule is Cc1cc(-c2nnc(N[C@@H]3CCC[C@H](O)C3)o2)nc2c(C(C)(C)C)cc(NCC(F)(F)F)c(Cl)c12. The van der Waals surface area contributed by atoms with Crippen molar-refractivity contribution in [2.24, 2.45) is 0 Å². The lowest BCUT2D eigenvalue weighted by Gasteiger charge is -2.25. The zero-order valence-corrected chi connectivity index (χ0v) is 20.8. The molecule has 0 spiro atoms. The number of rotatable bonds is 5. The van der Waals surface area contributed by atoms with Gasteiger partial charge in [0.25, 0.3) is 5.89 Å². The van der Waals surface area contributed by atoms with E-state index < -0.39 is 18.1 Å². The molecule has 1 aliphatic rings. The Morgan fingerprint density at radius 2 is 1.91 bits per heavy atom. The molecule has 11 heteroatoms. The maximum Gasteiger partial charge on any atom is 0.405 e. The van der Waals surface area contributed by atoms with Gasteiger partial charge in [0.15, 0.2) is 0 Å². The molecule has 0 unspecified atom stereocenters. The summed E-state index contributed by atoms with van der Waals surface area (Å²) in [6.45, 7) is 6.50. The quantitative estimate of drug-likeness (QED) is 0.373. The average molecular weight is 512 g/mol. The molecule has 0 bridgehead atoms. The molecule has 3 aromatic rings. The van der Waals surface area contributed by atoms with E-state index in [0.717, 1.165) is 30.4 Å². The molecule has 1 aliphatic carbocycles. The number of pyridine rings is 1. The molecular weight excluding hydrogens is 483 g/mol. The van der Waals surface area contributed by atoms with E-state index in [4.69, 9.17) is 21.0 Å². The summed E-state index contributed by atoms with van der Waals surface area (Å²) < 4.78 is 44.4. The normalized spacial score (nSPS) is 19.2. The number of aliphatic hydroxyl groups excluding tert-OH is 1. The first-order valence-corrected chi connectivity index (χ1v) is 11.9. The fraction of sp³-hybridized carbons (Fsp3) is 0.542. The van der Waals surface area contributed by atoms with Gasteiger partial charge in [-0.3, -0.25) is 0 Å². The lowest BCUT2D eigenvalue weighted by atomic mass is 9.84. The smallest absolute Gasteiger partial charge is 0.402 e. The van der Waals surface area contributed by atoms with Gasteiger partial charge >= 0.3 is 12.2 Å². The second kappa shape index (κ2) is 9.46. The molecule has 2 atom stereocenters. The number of aliphatic hydroxyl groups is 1. The minimum Gasteiger partial charge on any atom is -0.402 e. The van der Waals surface area contributed by atoms with E-state index in [9.17, 15) is 18.3 Å². The first-order chi connectivity index (χ1) is 16.3. The van der Waals surface area contributed by atoms with E-state index in [1.165, 1.54) is 0 Å². The number of benzene rings is 1. The van der Waals surface area contributed by atoms with Crippen LogP contribution in [0.1, 0.15) is 57.6 Å². The summed E-state index contributed by atoms with van der Waals surface area (Å²) in [6.07, 6.45) is -1.49. The number of aromatic nitrogens is 3. The fourth-order valence-corrected chi connectivity index (χ4v) is 4.78. The molecule has 3 N–H and O–H groups in total. The van der Waals surface area contributed by atoms with E-state index in [1.807, 2.05) is 27.7 Å². The van der Waals surface area contributed by atoms with Gasteiger partial charge in [0.2, 0.25) is 0 Å². The van der Waals surface area contributed by atoms with Crippen LogP contribution in [0.25, 0.3) is 22.5 Å². The maximum absolute atomic E-state index is 12.9. The third-order valence-corrected chi connectivity index (χ3v) is 6.51. The van der Waals surface area contributed by atoms with Gasteiger partial charge in [-0.1, -0.05) is 37.5 Å². The lowest BCUT2D eigenvalue weighted by molar-refractivity contribution is -0.115. The third kappa shape index (κ3) is 5.81. The fourth-order valence-electron chi connectivity index (χ4n) is 4.42. The average Bonchev–Trinajstić information content (AvgIpc) is 3.20. The van der Waals surface area contributed by atoms with Crippen molar-refractivity contribution in [3.63, 3.8) is 0 Å². The van der Waals surface area contributed by atoms with Gasteiger partial charge in [-0.2, -0.15) is 13.2 Å². The molecule has 2 heterocycles. The maximum atomic E-state index is 12.9. The molecule has 7 nitrogen and oxygen atoms in total. The van der Waals surface area contributed by atoms with E-state index in [0.29, 0.717) is 23.0 Å². The Morgan fingerprint density at radius 1 is 1.17 bits per heavy atom. The highest BCUT2D eigenvalue weighted by Gasteiger charge is 2.29. The topological polar surface area (TPSA) is 96.1 Å². The van der Waals surface area contributed by atoms with Crippen molar-refractivity contribution < 1.29 is 22.7 Å². The van der Waals surface area contributed by atoms with E-state index in [-0.39, 0.29) is 34.8 Å². The molecule has 1 aromatic carbocycles. The van der Waals surface area contributed by atoms with Crippen molar-refractivity contribution in [2.45, 2.75) is 77.1 Å². The molecule has 190 valence electrons. The summed E-state index contributed by atoms with van der Waals surface area (Å²) in [5.74, 6) is 0.212. The second-order valence-electron chi connectivity index (χ2n) is 10.1. The second-order valence-corrected chi connectivity index (χ2v) is 10.5. The number of aryl methyl sites for hydroxylation is 1. The van der Waals surface area contributed by atoms with Crippen LogP contribution in [0.2, 0.25) is 5.02 Å². The van der Waals surface area contributed by atoms with Crippen LogP contribution < -0.4 is 10.6 Å². The van der Waals surface area contributed by atoms with E-state index >= 15 is 0 Å². The summed E-state index contributed by atoms with van der Waals surface area (Å²) in [6, 6.07) is 3.66. The van der Waals surface area contributed by atoms with Crippen LogP contribution >= 0.6 is 11.6 Å². The van der Waals surface area contributed by atoms with Crippen LogP contribution in [0.5, 0.6) is 0 Å². The van der Waals surface area contributed by atoms with Gasteiger partial charge in [0, 0.05) is 11.4 Å². The third-order valence-electron chi connectivity index (χ3n) is 6.12. The highest BCUT2D eigenvalue weighted by Crippen LogP contribution is 2.41. The number of nitrogens with zero attached hydrogens (tertiary/aromatic N) is 3. The lowest BCUT2D eigenvalue weighted by Crippen LogP contribution is -2.29. The van der Waals surface area contributed by atoms with Crippen LogP contribution in [0.3, 0.4) is 0 Å². The van der Waals surface area contributed by atoms with Crippen molar-refractivity contribution in [1.82, 2.24) is 15.2 Å². The van der Waals surface area contributed by atoms with Crippen molar-refractivity contribution in [2.75, 3.05) is 17.2 Å². The number of fused-ring (bicyclic) bond motifs is 1. The molecule has 1 fully saturated rings. The highest BCUT2D eigenvalue weighted by molar-refractivity contribution is 6.38. The van der Waals surface area contributed by atoms with Gasteiger partial charge in [-0.05, 0) is 61.3 Å². The number of hydrogen-bond acceptors (Lipinski definition) is 7. The van der Waals surface area contributed by atoms with Gasteiger partial charge in [-0.25, -0.2) is 4.98 Å². The van der Waals surface area contributed by atoms with Crippen molar-refractivity contribution >= 4 is 34.2 Å². The minimum absolute atomic E-state index is 0.0484. The Labute approximate surface area is 206 Å². The van der Waals surface area contributed by atoms with E-state index in [2.05, 4.69) is 20.8 Å². The van der Waals surface area contributed by atoms with Gasteiger partial charge in [0.1, 0.15) is 12.2 Å². The molecule has 0 amide bonds. The molecule has 4 rings (SSSR count). The zero-order valence-electron chi connectivity index (χ0n) is 20.1. The molecular formula is C24H29ClF3N5O2. The van der Waals surface area contributed by atoms with Crippen molar-refractivity contribution in [3.05, 3.63) is 28.3 Å². The Kier molecular flexibility index (Phi) is 6.89. The van der Waals surface area contributed by atoms with Crippen molar-refractivity contribution in [3.8, 4) is 11.6 Å². The monoisotopic (exact) mass is 511 g/mol. The summed E-state index contributed by atoms with van der Waals surface area (Å²) in [5.41, 5.74) is 2.24. The Hall–Kier alpha value is -2.59. The number of alkyl halides is 3. The van der Waals surface area contributed by atoms with E-state index in [1.54, 1.807) is 12.1 Å².